The van der Waals surface area contributed by atoms with E-state index in [0.717, 1.165) is 24.5 Å². The topological polar surface area (TPSA) is 67.3 Å². The van der Waals surface area contributed by atoms with E-state index < -0.39 is 0 Å². The largest absolute Gasteiger partial charge is 0.484 e. The van der Waals surface area contributed by atoms with E-state index in [0.29, 0.717) is 18.1 Å². The summed E-state index contributed by atoms with van der Waals surface area (Å²) in [6, 6.07) is 9.52. The molecule has 1 saturated heterocycles. The zero-order valence-corrected chi connectivity index (χ0v) is 13.9. The number of aryl methyl sites for hydroxylation is 1. The molecule has 1 aliphatic heterocycles. The van der Waals surface area contributed by atoms with Gasteiger partial charge in [0.2, 0.25) is 0 Å². The molecule has 1 N–H and O–H groups in total. The van der Waals surface area contributed by atoms with Crippen LogP contribution >= 0.6 is 0 Å². The van der Waals surface area contributed by atoms with Crippen molar-refractivity contribution in [2.75, 3.05) is 24.6 Å². The van der Waals surface area contributed by atoms with E-state index in [4.69, 9.17) is 4.74 Å². The molecule has 1 amide bonds. The fourth-order valence-corrected chi connectivity index (χ4v) is 2.61. The number of ether oxygens (including phenoxy) is 1. The van der Waals surface area contributed by atoms with Gasteiger partial charge in [0, 0.05) is 19.3 Å². The fourth-order valence-electron chi connectivity index (χ4n) is 2.61. The van der Waals surface area contributed by atoms with Crippen molar-refractivity contribution in [1.82, 2.24) is 15.3 Å². The summed E-state index contributed by atoms with van der Waals surface area (Å²) < 4.78 is 5.46. The van der Waals surface area contributed by atoms with E-state index in [1.54, 1.807) is 6.20 Å². The van der Waals surface area contributed by atoms with Crippen molar-refractivity contribution in [3.05, 3.63) is 47.9 Å². The molecular formula is C18H22N4O2. The number of aromatic nitrogens is 2. The van der Waals surface area contributed by atoms with E-state index in [-0.39, 0.29) is 12.5 Å². The van der Waals surface area contributed by atoms with Gasteiger partial charge >= 0.3 is 0 Å². The lowest BCUT2D eigenvalue weighted by atomic mass is 10.2. The van der Waals surface area contributed by atoms with Crippen molar-refractivity contribution < 1.29 is 9.53 Å². The third-order valence-corrected chi connectivity index (χ3v) is 3.96. The summed E-state index contributed by atoms with van der Waals surface area (Å²) in [5.74, 6) is 2.04. The van der Waals surface area contributed by atoms with E-state index in [2.05, 4.69) is 20.2 Å². The van der Waals surface area contributed by atoms with Crippen LogP contribution in [-0.2, 0) is 11.3 Å². The molecule has 0 atom stereocenters. The van der Waals surface area contributed by atoms with Crippen LogP contribution in [0.15, 0.2) is 36.5 Å². The lowest BCUT2D eigenvalue weighted by Crippen LogP contribution is -2.29. The monoisotopic (exact) mass is 326 g/mol. The molecule has 6 nitrogen and oxygen atoms in total. The molecule has 2 aromatic rings. The second-order valence-corrected chi connectivity index (χ2v) is 5.90. The highest BCUT2D eigenvalue weighted by Gasteiger charge is 2.14. The van der Waals surface area contributed by atoms with Gasteiger partial charge in [-0.3, -0.25) is 4.79 Å². The van der Waals surface area contributed by atoms with Crippen LogP contribution in [0, 0.1) is 6.92 Å². The minimum Gasteiger partial charge on any atom is -0.484 e. The molecule has 1 fully saturated rings. The van der Waals surface area contributed by atoms with Gasteiger partial charge in [0.25, 0.3) is 5.91 Å². The third kappa shape index (κ3) is 4.44. The number of nitrogens with zero attached hydrogens (tertiary/aromatic N) is 3. The van der Waals surface area contributed by atoms with Gasteiger partial charge in [0.05, 0.1) is 6.54 Å². The number of nitrogens with one attached hydrogen (secondary N) is 1. The molecule has 24 heavy (non-hydrogen) atoms. The Morgan fingerprint density at radius 2 is 1.96 bits per heavy atom. The summed E-state index contributed by atoms with van der Waals surface area (Å²) in [5.41, 5.74) is 1.15. The first-order valence-corrected chi connectivity index (χ1v) is 8.24. The standard InChI is InChI=1S/C18H22N4O2/c1-14-4-6-15(7-5-14)24-13-18(23)20-12-16-19-9-8-17(21-16)22-10-2-3-11-22/h4-9H,2-3,10-13H2,1H3,(H,20,23). The van der Waals surface area contributed by atoms with Gasteiger partial charge in [0.15, 0.2) is 6.61 Å². The number of benzene rings is 1. The molecule has 0 unspecified atom stereocenters. The quantitative estimate of drug-likeness (QED) is 0.880. The van der Waals surface area contributed by atoms with E-state index in [1.807, 2.05) is 37.3 Å². The second-order valence-electron chi connectivity index (χ2n) is 5.90. The number of rotatable bonds is 6. The summed E-state index contributed by atoms with van der Waals surface area (Å²) in [4.78, 5) is 22.9. The van der Waals surface area contributed by atoms with Gasteiger partial charge in [-0.15, -0.1) is 0 Å². The molecule has 1 aromatic heterocycles. The minimum absolute atomic E-state index is 0.0190. The second kappa shape index (κ2) is 7.77. The number of hydrogen-bond acceptors (Lipinski definition) is 5. The highest BCUT2D eigenvalue weighted by atomic mass is 16.5. The molecule has 1 aliphatic rings. The van der Waals surface area contributed by atoms with Crippen LogP contribution in [0.2, 0.25) is 0 Å². The van der Waals surface area contributed by atoms with Crippen LogP contribution in [-0.4, -0.2) is 35.6 Å². The maximum absolute atomic E-state index is 11.9. The molecule has 6 heteroatoms. The average Bonchev–Trinajstić information content (AvgIpc) is 3.14. The first-order valence-electron chi connectivity index (χ1n) is 8.24. The smallest absolute Gasteiger partial charge is 0.258 e. The van der Waals surface area contributed by atoms with Crippen LogP contribution < -0.4 is 15.0 Å². The minimum atomic E-state index is -0.189. The van der Waals surface area contributed by atoms with Gasteiger partial charge in [-0.1, -0.05) is 17.7 Å². The SMILES string of the molecule is Cc1ccc(OCC(=O)NCc2nccc(N3CCCC3)n2)cc1. The molecule has 0 bridgehead atoms. The summed E-state index contributed by atoms with van der Waals surface area (Å²) in [6.07, 6.45) is 4.14. The highest BCUT2D eigenvalue weighted by Crippen LogP contribution is 2.16. The number of hydrogen-bond donors (Lipinski definition) is 1. The van der Waals surface area contributed by atoms with Gasteiger partial charge < -0.3 is 15.0 Å². The lowest BCUT2D eigenvalue weighted by Gasteiger charge is -2.16. The van der Waals surface area contributed by atoms with Crippen molar-refractivity contribution in [2.45, 2.75) is 26.3 Å². The number of anilines is 1. The predicted octanol–water partition coefficient (Wildman–Crippen LogP) is 2.08. The summed E-state index contributed by atoms with van der Waals surface area (Å²) in [6.45, 7) is 4.36. The Labute approximate surface area is 141 Å². The Bertz CT molecular complexity index is 682. The van der Waals surface area contributed by atoms with Crippen molar-refractivity contribution in [3.63, 3.8) is 0 Å². The average molecular weight is 326 g/mol. The van der Waals surface area contributed by atoms with Gasteiger partial charge in [0.1, 0.15) is 17.4 Å². The summed E-state index contributed by atoms with van der Waals surface area (Å²) in [5, 5.41) is 2.79. The van der Waals surface area contributed by atoms with Crippen molar-refractivity contribution in [2.24, 2.45) is 0 Å². The fraction of sp³-hybridized carbons (Fsp3) is 0.389. The van der Waals surface area contributed by atoms with E-state index >= 15 is 0 Å². The van der Waals surface area contributed by atoms with Crippen LogP contribution in [0.1, 0.15) is 24.2 Å². The maximum Gasteiger partial charge on any atom is 0.258 e. The van der Waals surface area contributed by atoms with E-state index in [9.17, 15) is 4.79 Å². The zero-order chi connectivity index (χ0) is 16.8. The molecule has 126 valence electrons. The van der Waals surface area contributed by atoms with Crippen LogP contribution in [0.3, 0.4) is 0 Å². The van der Waals surface area contributed by atoms with Gasteiger partial charge in [-0.05, 0) is 38.0 Å². The Kier molecular flexibility index (Phi) is 5.25. The number of amides is 1. The molecule has 3 rings (SSSR count). The van der Waals surface area contributed by atoms with E-state index in [1.165, 1.54) is 12.8 Å². The molecule has 2 heterocycles. The lowest BCUT2D eigenvalue weighted by molar-refractivity contribution is -0.123. The van der Waals surface area contributed by atoms with Crippen LogP contribution in [0.4, 0.5) is 5.82 Å². The Hall–Kier alpha value is -2.63. The van der Waals surface area contributed by atoms with Crippen molar-refractivity contribution >= 4 is 11.7 Å². The number of carbonyl (C=O) groups is 1. The summed E-state index contributed by atoms with van der Waals surface area (Å²) in [7, 11) is 0. The van der Waals surface area contributed by atoms with Crippen LogP contribution in [0.5, 0.6) is 5.75 Å². The molecule has 0 saturated carbocycles. The molecule has 0 radical (unpaired) electrons. The van der Waals surface area contributed by atoms with Crippen molar-refractivity contribution in [1.29, 1.82) is 0 Å². The predicted molar refractivity (Wildman–Crippen MR) is 92.0 cm³/mol. The first kappa shape index (κ1) is 16.2. The first-order chi connectivity index (χ1) is 11.7. The van der Waals surface area contributed by atoms with Gasteiger partial charge in [-0.25, -0.2) is 9.97 Å². The maximum atomic E-state index is 11.9. The molecular weight excluding hydrogens is 304 g/mol. The summed E-state index contributed by atoms with van der Waals surface area (Å²) >= 11 is 0. The number of carbonyl (C=O) groups excluding carboxylic acids is 1. The molecule has 0 aliphatic carbocycles. The Balaban J connectivity index is 1.47. The molecule has 1 aromatic carbocycles. The van der Waals surface area contributed by atoms with Crippen molar-refractivity contribution in [3.8, 4) is 5.75 Å². The molecule has 0 spiro atoms. The van der Waals surface area contributed by atoms with Crippen LogP contribution in [0.25, 0.3) is 0 Å². The van der Waals surface area contributed by atoms with Gasteiger partial charge in [-0.2, -0.15) is 0 Å². The Morgan fingerprint density at radius 1 is 1.21 bits per heavy atom. The highest BCUT2D eigenvalue weighted by molar-refractivity contribution is 5.77. The third-order valence-electron chi connectivity index (χ3n) is 3.96. The normalized spacial score (nSPS) is 13.8. The zero-order valence-electron chi connectivity index (χ0n) is 13.9. The Morgan fingerprint density at radius 3 is 2.71 bits per heavy atom.